The van der Waals surface area contributed by atoms with E-state index in [9.17, 15) is 15.0 Å². The first-order valence-corrected chi connectivity index (χ1v) is 6.18. The van der Waals surface area contributed by atoms with Crippen LogP contribution in [-0.4, -0.2) is 64.6 Å². The van der Waals surface area contributed by atoms with Crippen LogP contribution < -0.4 is 5.69 Å². The molecule has 0 bridgehead atoms. The van der Waals surface area contributed by atoms with Crippen LogP contribution in [0.4, 0.5) is 0 Å². The molecule has 0 radical (unpaired) electrons. The lowest BCUT2D eigenvalue weighted by molar-refractivity contribution is -0.0549. The van der Waals surface area contributed by atoms with Crippen LogP contribution in [0.2, 0.25) is 0 Å². The first-order valence-electron chi connectivity index (χ1n) is 6.18. The minimum Gasteiger partial charge on any atom is -0.394 e. The van der Waals surface area contributed by atoms with E-state index >= 15 is 0 Å². The molecule has 10 heteroatoms. The smallest absolute Gasteiger partial charge is 0.351 e. The molecule has 3 heterocycles. The summed E-state index contributed by atoms with van der Waals surface area (Å²) < 4.78 is 7.62. The fraction of sp³-hybridized carbons (Fsp3) is 0.455. The zero-order valence-corrected chi connectivity index (χ0v) is 10.7. The number of rotatable bonds is 3. The van der Waals surface area contributed by atoms with Crippen LogP contribution in [0, 0.1) is 0 Å². The Morgan fingerprint density at radius 1 is 1.33 bits per heavy atom. The molecular weight excluding hydrogens is 282 g/mol. The molecule has 0 spiro atoms. The van der Waals surface area contributed by atoms with Gasteiger partial charge in [0.15, 0.2) is 12.0 Å². The Labute approximate surface area is 117 Å². The topological polar surface area (TPSA) is 136 Å². The van der Waals surface area contributed by atoms with E-state index in [4.69, 9.17) is 9.84 Å². The lowest BCUT2D eigenvalue weighted by Crippen LogP contribution is -2.36. The molecule has 0 saturated carbocycles. The lowest BCUT2D eigenvalue weighted by Gasteiger charge is -2.17. The first kappa shape index (κ1) is 13.8. The van der Waals surface area contributed by atoms with E-state index in [0.29, 0.717) is 0 Å². The lowest BCUT2D eigenvalue weighted by atomic mass is 10.1. The number of ether oxygens (including phenoxy) is 1. The molecule has 4 atom stereocenters. The van der Waals surface area contributed by atoms with Crippen molar-refractivity contribution < 1.29 is 20.1 Å². The standard InChI is InChI=1S/C11H13N5O5/c17-3-6-8(18)9(19)10(21-6)15-2-1-7(14-11(15)20)16-5-12-4-13-16/h1-2,4-6,8-10,17-19H,3H2. The van der Waals surface area contributed by atoms with Crippen molar-refractivity contribution in [1.29, 1.82) is 0 Å². The summed E-state index contributed by atoms with van der Waals surface area (Å²) in [6.45, 7) is -0.464. The van der Waals surface area contributed by atoms with Crippen molar-refractivity contribution in [3.05, 3.63) is 35.4 Å². The van der Waals surface area contributed by atoms with Gasteiger partial charge in [-0.15, -0.1) is 0 Å². The molecule has 3 rings (SSSR count). The Morgan fingerprint density at radius 3 is 2.71 bits per heavy atom. The van der Waals surface area contributed by atoms with E-state index in [1.165, 1.54) is 29.6 Å². The Balaban J connectivity index is 1.92. The van der Waals surface area contributed by atoms with Crippen LogP contribution in [0.5, 0.6) is 0 Å². The zero-order chi connectivity index (χ0) is 15.0. The Hall–Kier alpha value is -2.14. The summed E-state index contributed by atoms with van der Waals surface area (Å²) in [7, 11) is 0. The maximum atomic E-state index is 12.0. The molecule has 10 nitrogen and oxygen atoms in total. The van der Waals surface area contributed by atoms with E-state index in [1.807, 2.05) is 0 Å². The molecular formula is C11H13N5O5. The minimum absolute atomic E-state index is 0.264. The normalized spacial score (nSPS) is 28.9. The highest BCUT2D eigenvalue weighted by atomic mass is 16.6. The summed E-state index contributed by atoms with van der Waals surface area (Å²) >= 11 is 0. The molecule has 112 valence electrons. The number of aliphatic hydroxyl groups is 3. The molecule has 1 aliphatic heterocycles. The molecule has 1 aliphatic rings. The van der Waals surface area contributed by atoms with Crippen molar-refractivity contribution in [1.82, 2.24) is 24.3 Å². The summed E-state index contributed by atoms with van der Waals surface area (Å²) in [5.41, 5.74) is -0.683. The second-order valence-corrected chi connectivity index (χ2v) is 4.54. The van der Waals surface area contributed by atoms with Crippen LogP contribution in [0.1, 0.15) is 6.23 Å². The van der Waals surface area contributed by atoms with Gasteiger partial charge in [0.2, 0.25) is 0 Å². The van der Waals surface area contributed by atoms with E-state index in [0.717, 1.165) is 4.57 Å². The van der Waals surface area contributed by atoms with Crippen molar-refractivity contribution in [2.45, 2.75) is 24.5 Å². The molecule has 2 aromatic heterocycles. The molecule has 3 N–H and O–H groups in total. The third-order valence-electron chi connectivity index (χ3n) is 3.26. The van der Waals surface area contributed by atoms with E-state index in [2.05, 4.69) is 15.1 Å². The monoisotopic (exact) mass is 295 g/mol. The average molecular weight is 295 g/mol. The van der Waals surface area contributed by atoms with Crippen molar-refractivity contribution in [2.24, 2.45) is 0 Å². The fourth-order valence-electron chi connectivity index (χ4n) is 2.16. The number of aromatic nitrogens is 5. The third-order valence-corrected chi connectivity index (χ3v) is 3.26. The van der Waals surface area contributed by atoms with Crippen LogP contribution in [-0.2, 0) is 4.74 Å². The van der Waals surface area contributed by atoms with Gasteiger partial charge < -0.3 is 20.1 Å². The molecule has 0 aliphatic carbocycles. The van der Waals surface area contributed by atoms with Gasteiger partial charge in [-0.2, -0.15) is 10.1 Å². The van der Waals surface area contributed by atoms with Crippen molar-refractivity contribution in [3.8, 4) is 5.82 Å². The fourth-order valence-corrected chi connectivity index (χ4v) is 2.16. The average Bonchev–Trinajstić information content (AvgIpc) is 3.10. The van der Waals surface area contributed by atoms with Crippen LogP contribution in [0.3, 0.4) is 0 Å². The van der Waals surface area contributed by atoms with Gasteiger partial charge in [-0.3, -0.25) is 4.57 Å². The predicted octanol–water partition coefficient (Wildman–Crippen LogP) is -2.56. The Morgan fingerprint density at radius 2 is 2.14 bits per heavy atom. The van der Waals surface area contributed by atoms with E-state index in [1.54, 1.807) is 0 Å². The van der Waals surface area contributed by atoms with Gasteiger partial charge in [0.25, 0.3) is 0 Å². The van der Waals surface area contributed by atoms with Gasteiger partial charge >= 0.3 is 5.69 Å². The van der Waals surface area contributed by atoms with E-state index < -0.39 is 36.8 Å². The number of hydrogen-bond donors (Lipinski definition) is 3. The van der Waals surface area contributed by atoms with Crippen molar-refractivity contribution in [3.63, 3.8) is 0 Å². The summed E-state index contributed by atoms with van der Waals surface area (Å²) in [5.74, 6) is 0.264. The van der Waals surface area contributed by atoms with Gasteiger partial charge in [0.05, 0.1) is 6.61 Å². The highest BCUT2D eigenvalue weighted by molar-refractivity contribution is 5.16. The quantitative estimate of drug-likeness (QED) is 0.562. The van der Waals surface area contributed by atoms with Crippen LogP contribution in [0.15, 0.2) is 29.7 Å². The van der Waals surface area contributed by atoms with Crippen LogP contribution >= 0.6 is 0 Å². The van der Waals surface area contributed by atoms with Gasteiger partial charge in [0.1, 0.15) is 31.0 Å². The Kier molecular flexibility index (Phi) is 3.51. The number of nitrogens with zero attached hydrogens (tertiary/aromatic N) is 5. The third kappa shape index (κ3) is 2.34. The molecule has 0 amide bonds. The first-order chi connectivity index (χ1) is 10.1. The summed E-state index contributed by atoms with van der Waals surface area (Å²) in [6.07, 6.45) is -0.612. The largest absolute Gasteiger partial charge is 0.394 e. The maximum Gasteiger partial charge on any atom is 0.351 e. The molecule has 21 heavy (non-hydrogen) atoms. The van der Waals surface area contributed by atoms with Crippen molar-refractivity contribution >= 4 is 0 Å². The molecule has 4 unspecified atom stereocenters. The highest BCUT2D eigenvalue weighted by Gasteiger charge is 2.43. The molecule has 1 saturated heterocycles. The van der Waals surface area contributed by atoms with Gasteiger partial charge in [0, 0.05) is 6.20 Å². The minimum atomic E-state index is -1.33. The highest BCUT2D eigenvalue weighted by Crippen LogP contribution is 2.27. The summed E-state index contributed by atoms with van der Waals surface area (Å²) in [5, 5.41) is 32.5. The second-order valence-electron chi connectivity index (χ2n) is 4.54. The molecule has 1 fully saturated rings. The number of hydrogen-bond acceptors (Lipinski definition) is 8. The van der Waals surface area contributed by atoms with Crippen molar-refractivity contribution in [2.75, 3.05) is 6.61 Å². The number of aliphatic hydroxyl groups excluding tert-OH is 3. The Bertz CT molecular complexity index is 672. The molecule has 2 aromatic rings. The van der Waals surface area contributed by atoms with Crippen LogP contribution in [0.25, 0.3) is 5.82 Å². The van der Waals surface area contributed by atoms with Gasteiger partial charge in [-0.1, -0.05) is 0 Å². The second kappa shape index (κ2) is 5.33. The SMILES string of the molecule is O=c1nc(-n2cncn2)ccn1C1OC(CO)C(O)C1O. The summed E-state index contributed by atoms with van der Waals surface area (Å²) in [6, 6.07) is 1.49. The van der Waals surface area contributed by atoms with Gasteiger partial charge in [-0.25, -0.2) is 14.5 Å². The zero-order valence-electron chi connectivity index (χ0n) is 10.7. The summed E-state index contributed by atoms with van der Waals surface area (Å²) in [4.78, 5) is 19.6. The molecule has 0 aromatic carbocycles. The van der Waals surface area contributed by atoms with E-state index in [-0.39, 0.29) is 5.82 Å². The maximum absolute atomic E-state index is 12.0. The van der Waals surface area contributed by atoms with Gasteiger partial charge in [-0.05, 0) is 6.07 Å². The predicted molar refractivity (Wildman–Crippen MR) is 66.4 cm³/mol.